The number of nitrogens with one attached hydrogen (secondary N) is 1. The second-order valence-corrected chi connectivity index (χ2v) is 7.79. The van der Waals surface area contributed by atoms with E-state index < -0.39 is 17.2 Å². The molecular weight excluding hydrogens is 381 g/mol. The number of halogens is 3. The lowest BCUT2D eigenvalue weighted by atomic mass is 9.83. The van der Waals surface area contributed by atoms with Crippen LogP contribution in [0.1, 0.15) is 35.3 Å². The lowest BCUT2D eigenvalue weighted by molar-refractivity contribution is -0.137. The number of hydrogen-bond donors (Lipinski definition) is 1. The van der Waals surface area contributed by atoms with Crippen LogP contribution in [-0.2, 0) is 11.6 Å². The topological polar surface area (TPSA) is 41.6 Å². The van der Waals surface area contributed by atoms with Gasteiger partial charge in [0.2, 0.25) is 0 Å². The van der Waals surface area contributed by atoms with E-state index >= 15 is 0 Å². The molecule has 0 radical (unpaired) electrons. The van der Waals surface area contributed by atoms with Crippen molar-refractivity contribution >= 4 is 5.91 Å². The Hall–Kier alpha value is -2.54. The first-order valence-corrected chi connectivity index (χ1v) is 9.33. The molecule has 0 saturated heterocycles. The van der Waals surface area contributed by atoms with Crippen molar-refractivity contribution in [2.45, 2.75) is 25.4 Å². The Labute approximate surface area is 169 Å². The number of para-hydroxylation sites is 1. The highest BCUT2D eigenvalue weighted by atomic mass is 19.4. The first-order valence-electron chi connectivity index (χ1n) is 9.33. The van der Waals surface area contributed by atoms with Gasteiger partial charge >= 0.3 is 6.18 Å². The van der Waals surface area contributed by atoms with E-state index in [1.165, 1.54) is 6.07 Å². The number of hydrogen-bond acceptors (Lipinski definition) is 3. The molecule has 0 fully saturated rings. The average Bonchev–Trinajstić information content (AvgIpc) is 2.66. The van der Waals surface area contributed by atoms with Crippen LogP contribution in [0, 0.1) is 0 Å². The first kappa shape index (κ1) is 22.7. The van der Waals surface area contributed by atoms with Gasteiger partial charge in [-0.3, -0.25) is 4.79 Å². The van der Waals surface area contributed by atoms with Gasteiger partial charge in [0.05, 0.1) is 11.1 Å². The van der Waals surface area contributed by atoms with Gasteiger partial charge < -0.3 is 15.0 Å². The Kier molecular flexibility index (Phi) is 7.30. The van der Waals surface area contributed by atoms with E-state index in [-0.39, 0.29) is 12.5 Å². The fourth-order valence-electron chi connectivity index (χ4n) is 2.73. The van der Waals surface area contributed by atoms with Gasteiger partial charge in [0.1, 0.15) is 12.4 Å². The summed E-state index contributed by atoms with van der Waals surface area (Å²) in [5.74, 6) is 0.147. The van der Waals surface area contributed by atoms with Crippen molar-refractivity contribution < 1.29 is 22.7 Å². The van der Waals surface area contributed by atoms with Crippen molar-refractivity contribution in [1.29, 1.82) is 0 Å². The third kappa shape index (κ3) is 6.49. The molecule has 2 rings (SSSR count). The lowest BCUT2D eigenvalue weighted by Crippen LogP contribution is -2.37. The van der Waals surface area contributed by atoms with E-state index in [1.54, 1.807) is 44.2 Å². The van der Waals surface area contributed by atoms with Crippen molar-refractivity contribution in [3.63, 3.8) is 0 Å². The Morgan fingerprint density at radius 1 is 1.03 bits per heavy atom. The fraction of sp³-hybridized carbons (Fsp3) is 0.409. The van der Waals surface area contributed by atoms with Gasteiger partial charge in [-0.1, -0.05) is 44.2 Å². The van der Waals surface area contributed by atoms with E-state index in [2.05, 4.69) is 5.32 Å². The third-order valence-corrected chi connectivity index (χ3v) is 4.59. The number of ether oxygens (including phenoxy) is 1. The molecule has 7 heteroatoms. The van der Waals surface area contributed by atoms with Crippen LogP contribution < -0.4 is 10.1 Å². The zero-order chi connectivity index (χ0) is 21.7. The monoisotopic (exact) mass is 408 g/mol. The van der Waals surface area contributed by atoms with Crippen LogP contribution in [0.15, 0.2) is 48.5 Å². The minimum atomic E-state index is -4.40. The molecule has 0 bridgehead atoms. The summed E-state index contributed by atoms with van der Waals surface area (Å²) in [6.07, 6.45) is -4.40. The smallest absolute Gasteiger partial charge is 0.416 e. The molecule has 4 nitrogen and oxygen atoms in total. The molecule has 0 aliphatic heterocycles. The summed E-state index contributed by atoms with van der Waals surface area (Å²) in [7, 11) is 3.86. The van der Waals surface area contributed by atoms with Gasteiger partial charge in [-0.25, -0.2) is 0 Å². The average molecular weight is 408 g/mol. The predicted octanol–water partition coefficient (Wildman–Crippen LogP) is 4.35. The third-order valence-electron chi connectivity index (χ3n) is 4.59. The molecule has 0 aromatic heterocycles. The van der Waals surface area contributed by atoms with Crippen LogP contribution in [0.3, 0.4) is 0 Å². The number of alkyl halides is 3. The van der Waals surface area contributed by atoms with Gasteiger partial charge in [-0.2, -0.15) is 13.2 Å². The van der Waals surface area contributed by atoms with Crippen LogP contribution >= 0.6 is 0 Å². The minimum Gasteiger partial charge on any atom is -0.491 e. The van der Waals surface area contributed by atoms with Crippen LogP contribution in [0.4, 0.5) is 13.2 Å². The maximum Gasteiger partial charge on any atom is 0.416 e. The molecule has 0 heterocycles. The highest BCUT2D eigenvalue weighted by molar-refractivity contribution is 5.96. The number of nitrogens with zero attached hydrogens (tertiary/aromatic N) is 1. The quantitative estimate of drug-likeness (QED) is 0.706. The van der Waals surface area contributed by atoms with Gasteiger partial charge in [-0.05, 0) is 37.9 Å². The molecule has 29 heavy (non-hydrogen) atoms. The molecule has 158 valence electrons. The van der Waals surface area contributed by atoms with Crippen LogP contribution in [0.25, 0.3) is 0 Å². The SMILES string of the molecule is CN(C)CCOc1ccccc1C(=O)NCC(C)(C)c1cccc(C(F)(F)F)c1. The summed E-state index contributed by atoms with van der Waals surface area (Å²) < 4.78 is 44.7. The highest BCUT2D eigenvalue weighted by Gasteiger charge is 2.32. The molecule has 2 aromatic carbocycles. The standard InChI is InChI=1S/C22H27F3N2O2/c1-21(2,16-8-7-9-17(14-16)22(23,24)25)15-26-20(28)18-10-5-6-11-19(18)29-13-12-27(3)4/h5-11,14H,12-13,15H2,1-4H3,(H,26,28). The largest absolute Gasteiger partial charge is 0.491 e. The number of likely N-dealkylation sites (N-methyl/N-ethyl adjacent to an activating group) is 1. The molecule has 0 aliphatic rings. The summed E-state index contributed by atoms with van der Waals surface area (Å²) in [6, 6.07) is 12.1. The van der Waals surface area contributed by atoms with Crippen molar-refractivity contribution in [2.75, 3.05) is 33.8 Å². The van der Waals surface area contributed by atoms with E-state index in [1.807, 2.05) is 19.0 Å². The maximum absolute atomic E-state index is 13.0. The summed E-state index contributed by atoms with van der Waals surface area (Å²) >= 11 is 0. The zero-order valence-corrected chi connectivity index (χ0v) is 17.1. The predicted molar refractivity (Wildman–Crippen MR) is 107 cm³/mol. The maximum atomic E-state index is 13.0. The molecule has 1 N–H and O–H groups in total. The molecule has 0 aliphatic carbocycles. The zero-order valence-electron chi connectivity index (χ0n) is 17.1. The molecule has 2 aromatic rings. The fourth-order valence-corrected chi connectivity index (χ4v) is 2.73. The molecule has 0 unspecified atom stereocenters. The highest BCUT2D eigenvalue weighted by Crippen LogP contribution is 2.32. The Morgan fingerprint density at radius 3 is 2.34 bits per heavy atom. The molecule has 0 atom stereocenters. The molecule has 1 amide bonds. The number of rotatable bonds is 8. The van der Waals surface area contributed by atoms with E-state index in [0.29, 0.717) is 30.0 Å². The van der Waals surface area contributed by atoms with Crippen molar-refractivity contribution in [3.05, 3.63) is 65.2 Å². The van der Waals surface area contributed by atoms with E-state index in [9.17, 15) is 18.0 Å². The summed E-state index contributed by atoms with van der Waals surface area (Å²) in [6.45, 7) is 4.91. The van der Waals surface area contributed by atoms with E-state index in [4.69, 9.17) is 4.74 Å². The van der Waals surface area contributed by atoms with Crippen molar-refractivity contribution in [2.24, 2.45) is 0 Å². The normalized spacial score (nSPS) is 12.1. The summed E-state index contributed by atoms with van der Waals surface area (Å²) in [4.78, 5) is 14.7. The van der Waals surface area contributed by atoms with Gasteiger partial charge in [-0.15, -0.1) is 0 Å². The Morgan fingerprint density at radius 2 is 1.69 bits per heavy atom. The lowest BCUT2D eigenvalue weighted by Gasteiger charge is -2.26. The number of carbonyl (C=O) groups excluding carboxylic acids is 1. The molecule has 0 spiro atoms. The summed E-state index contributed by atoms with van der Waals surface area (Å²) in [5.41, 5.74) is -0.485. The van der Waals surface area contributed by atoms with Crippen molar-refractivity contribution in [1.82, 2.24) is 10.2 Å². The second kappa shape index (κ2) is 9.31. The number of amides is 1. The molecular formula is C22H27F3N2O2. The van der Waals surface area contributed by atoms with Gasteiger partial charge in [0, 0.05) is 18.5 Å². The van der Waals surface area contributed by atoms with E-state index in [0.717, 1.165) is 12.1 Å². The minimum absolute atomic E-state index is 0.180. The summed E-state index contributed by atoms with van der Waals surface area (Å²) in [5, 5.41) is 2.82. The van der Waals surface area contributed by atoms with Crippen LogP contribution in [0.5, 0.6) is 5.75 Å². The van der Waals surface area contributed by atoms with Crippen molar-refractivity contribution in [3.8, 4) is 5.75 Å². The number of benzene rings is 2. The molecule has 0 saturated carbocycles. The van der Waals surface area contributed by atoms with Gasteiger partial charge in [0.25, 0.3) is 5.91 Å². The second-order valence-electron chi connectivity index (χ2n) is 7.79. The first-order chi connectivity index (χ1) is 13.5. The van der Waals surface area contributed by atoms with Crippen LogP contribution in [-0.4, -0.2) is 44.6 Å². The van der Waals surface area contributed by atoms with Gasteiger partial charge in [0.15, 0.2) is 0 Å². The Balaban J connectivity index is 2.08. The van der Waals surface area contributed by atoms with Crippen LogP contribution in [0.2, 0.25) is 0 Å². The Bertz CT molecular complexity index is 833. The number of carbonyl (C=O) groups is 1.